The summed E-state index contributed by atoms with van der Waals surface area (Å²) in [5.41, 5.74) is 1.51. The molecule has 2 aliphatic rings. The molecule has 2 fully saturated rings. The molecule has 0 aliphatic carbocycles. The fourth-order valence-corrected chi connectivity index (χ4v) is 4.01. The molecule has 2 aromatic rings. The highest BCUT2D eigenvalue weighted by molar-refractivity contribution is 6.07. The second-order valence-corrected chi connectivity index (χ2v) is 7.79. The number of cyclic esters (lactones) is 1. The second kappa shape index (κ2) is 9.74. The number of allylic oxidation sites excluding steroid dienone is 1. The molecular formula is C24H24FN3O4. The lowest BCUT2D eigenvalue weighted by atomic mass is 9.95. The number of ketones is 1. The maximum atomic E-state index is 14.6. The minimum absolute atomic E-state index is 0.00922. The summed E-state index contributed by atoms with van der Waals surface area (Å²) in [7, 11) is 0. The van der Waals surface area contributed by atoms with E-state index < -0.39 is 18.1 Å². The normalized spacial score (nSPS) is 20.5. The van der Waals surface area contributed by atoms with Gasteiger partial charge in [-0.1, -0.05) is 36.4 Å². The molecule has 32 heavy (non-hydrogen) atoms. The Labute approximate surface area is 185 Å². The Morgan fingerprint density at radius 2 is 1.97 bits per heavy atom. The van der Waals surface area contributed by atoms with Gasteiger partial charge in [0.2, 0.25) is 5.91 Å². The van der Waals surface area contributed by atoms with Crippen molar-refractivity contribution in [3.05, 3.63) is 77.6 Å². The molecule has 2 aliphatic heterocycles. The second-order valence-electron chi connectivity index (χ2n) is 7.79. The molecule has 0 aromatic heterocycles. The first-order valence-corrected chi connectivity index (χ1v) is 10.6. The Hall–Kier alpha value is -3.52. The van der Waals surface area contributed by atoms with Crippen LogP contribution in [0.15, 0.2) is 60.7 Å². The number of rotatable bonds is 7. The van der Waals surface area contributed by atoms with Crippen LogP contribution in [-0.4, -0.2) is 50.1 Å². The largest absolute Gasteiger partial charge is 0.442 e. The molecule has 166 valence electrons. The van der Waals surface area contributed by atoms with Crippen molar-refractivity contribution in [3.8, 4) is 0 Å². The maximum Gasteiger partial charge on any atom is 0.414 e. The van der Waals surface area contributed by atoms with Gasteiger partial charge in [-0.15, -0.1) is 0 Å². The maximum absolute atomic E-state index is 14.6. The van der Waals surface area contributed by atoms with Gasteiger partial charge in [0.1, 0.15) is 11.9 Å². The van der Waals surface area contributed by atoms with Crippen molar-refractivity contribution >= 4 is 23.5 Å². The zero-order valence-corrected chi connectivity index (χ0v) is 17.4. The van der Waals surface area contributed by atoms with E-state index in [-0.39, 0.29) is 30.6 Å². The predicted octanol–water partition coefficient (Wildman–Crippen LogP) is 2.78. The van der Waals surface area contributed by atoms with Crippen molar-refractivity contribution in [2.75, 3.05) is 31.1 Å². The van der Waals surface area contributed by atoms with Crippen LogP contribution < -0.4 is 15.5 Å². The van der Waals surface area contributed by atoms with E-state index in [9.17, 15) is 18.8 Å². The molecule has 2 N–H and O–H groups in total. The number of hydrogen-bond donors (Lipinski definition) is 2. The third kappa shape index (κ3) is 4.86. The fourth-order valence-electron chi connectivity index (χ4n) is 4.01. The molecule has 0 spiro atoms. The van der Waals surface area contributed by atoms with E-state index in [2.05, 4.69) is 10.6 Å². The van der Waals surface area contributed by atoms with E-state index in [4.69, 9.17) is 4.74 Å². The smallest absolute Gasteiger partial charge is 0.414 e. The van der Waals surface area contributed by atoms with Crippen molar-refractivity contribution in [1.82, 2.24) is 10.6 Å². The van der Waals surface area contributed by atoms with Crippen LogP contribution in [0.4, 0.5) is 14.9 Å². The van der Waals surface area contributed by atoms with Crippen molar-refractivity contribution < 1.29 is 23.5 Å². The van der Waals surface area contributed by atoms with Crippen LogP contribution >= 0.6 is 0 Å². The van der Waals surface area contributed by atoms with Crippen LogP contribution in [0.1, 0.15) is 28.3 Å². The van der Waals surface area contributed by atoms with Crippen molar-refractivity contribution in [2.24, 2.45) is 0 Å². The number of nitrogens with zero attached hydrogens (tertiary/aromatic N) is 1. The van der Waals surface area contributed by atoms with Crippen LogP contribution in [0.5, 0.6) is 0 Å². The summed E-state index contributed by atoms with van der Waals surface area (Å²) in [6.45, 7) is 1.74. The number of amides is 2. The number of anilines is 1. The zero-order valence-electron chi connectivity index (χ0n) is 17.4. The first-order valence-electron chi connectivity index (χ1n) is 10.6. The lowest BCUT2D eigenvalue weighted by Crippen LogP contribution is -2.34. The Bertz CT molecular complexity index is 1030. The van der Waals surface area contributed by atoms with Gasteiger partial charge in [0.15, 0.2) is 5.78 Å². The van der Waals surface area contributed by atoms with Crippen LogP contribution in [0.2, 0.25) is 0 Å². The van der Waals surface area contributed by atoms with Crippen LogP contribution in [-0.2, 0) is 9.53 Å². The lowest BCUT2D eigenvalue weighted by molar-refractivity contribution is -0.116. The highest BCUT2D eigenvalue weighted by Crippen LogP contribution is 2.35. The zero-order chi connectivity index (χ0) is 22.5. The summed E-state index contributed by atoms with van der Waals surface area (Å²) in [5.74, 6) is -1.09. The van der Waals surface area contributed by atoms with Gasteiger partial charge in [-0.2, -0.15) is 0 Å². The summed E-state index contributed by atoms with van der Waals surface area (Å²) >= 11 is 0. The van der Waals surface area contributed by atoms with E-state index in [0.717, 1.165) is 19.0 Å². The van der Waals surface area contributed by atoms with E-state index in [1.165, 1.54) is 17.0 Å². The number of carbonyl (C=O) groups is 3. The van der Waals surface area contributed by atoms with Crippen LogP contribution in [0.3, 0.4) is 0 Å². The monoisotopic (exact) mass is 437 g/mol. The average molecular weight is 437 g/mol. The average Bonchev–Trinajstić information content (AvgIpc) is 3.46. The molecule has 2 heterocycles. The third-order valence-corrected chi connectivity index (χ3v) is 5.61. The van der Waals surface area contributed by atoms with Gasteiger partial charge in [-0.3, -0.25) is 14.5 Å². The Morgan fingerprint density at radius 1 is 1.16 bits per heavy atom. The van der Waals surface area contributed by atoms with Crippen molar-refractivity contribution in [3.63, 3.8) is 0 Å². The first kappa shape index (κ1) is 21.7. The summed E-state index contributed by atoms with van der Waals surface area (Å²) in [5, 5.41) is 5.86. The van der Waals surface area contributed by atoms with E-state index >= 15 is 0 Å². The van der Waals surface area contributed by atoms with Gasteiger partial charge in [0.25, 0.3) is 0 Å². The molecule has 4 rings (SSSR count). The molecule has 0 bridgehead atoms. The molecule has 0 saturated carbocycles. The minimum Gasteiger partial charge on any atom is -0.442 e. The minimum atomic E-state index is -0.581. The molecule has 7 nitrogen and oxygen atoms in total. The topological polar surface area (TPSA) is 87.7 Å². The lowest BCUT2D eigenvalue weighted by Gasteiger charge is -2.21. The van der Waals surface area contributed by atoms with E-state index in [0.29, 0.717) is 23.4 Å². The summed E-state index contributed by atoms with van der Waals surface area (Å²) in [6.07, 6.45) is 2.00. The Balaban J connectivity index is 1.36. The van der Waals surface area contributed by atoms with Gasteiger partial charge in [0, 0.05) is 29.7 Å². The van der Waals surface area contributed by atoms with Crippen LogP contribution in [0.25, 0.3) is 0 Å². The molecule has 2 saturated heterocycles. The quantitative estimate of drug-likeness (QED) is 0.514. The standard InChI is InChI=1S/C24H24FN3O4/c25-19-7-4-8-20(23(19)17-11-12-26-13-17)28-15-18(32-24(28)31)14-27-22(30)10-9-21(29)16-5-2-1-3-6-16/h1-10,17-18,26H,11-15H2,(H,27,30)/t17?,18-/m0/s1. The number of benzene rings is 2. The Kier molecular flexibility index (Phi) is 6.61. The molecule has 8 heteroatoms. The summed E-state index contributed by atoms with van der Waals surface area (Å²) < 4.78 is 20.0. The van der Waals surface area contributed by atoms with Crippen LogP contribution in [0, 0.1) is 5.82 Å². The SMILES string of the molecule is O=C(C=CC(=O)c1ccccc1)NC[C@H]1CN(c2cccc(F)c2C2CCNC2)C(=O)O1. The van der Waals surface area contributed by atoms with Crippen molar-refractivity contribution in [2.45, 2.75) is 18.4 Å². The Morgan fingerprint density at radius 3 is 2.72 bits per heavy atom. The predicted molar refractivity (Wildman–Crippen MR) is 117 cm³/mol. The number of carbonyl (C=O) groups excluding carboxylic acids is 3. The summed E-state index contributed by atoms with van der Waals surface area (Å²) in [4.78, 5) is 38.0. The molecule has 0 radical (unpaired) electrons. The molecule has 2 amide bonds. The molecule has 2 atom stereocenters. The van der Waals surface area contributed by atoms with E-state index in [1.807, 2.05) is 0 Å². The third-order valence-electron chi connectivity index (χ3n) is 5.61. The highest BCUT2D eigenvalue weighted by Gasteiger charge is 2.36. The van der Waals surface area contributed by atoms with Gasteiger partial charge in [0.05, 0.1) is 18.8 Å². The number of ether oxygens (including phenoxy) is 1. The van der Waals surface area contributed by atoms with Crippen molar-refractivity contribution in [1.29, 1.82) is 0 Å². The first-order chi connectivity index (χ1) is 15.5. The summed E-state index contributed by atoms with van der Waals surface area (Å²) in [6, 6.07) is 13.3. The fraction of sp³-hybridized carbons (Fsp3) is 0.292. The number of halogens is 1. The molecular weight excluding hydrogens is 413 g/mol. The van der Waals surface area contributed by atoms with Gasteiger partial charge < -0.3 is 15.4 Å². The van der Waals surface area contributed by atoms with Gasteiger partial charge in [-0.25, -0.2) is 9.18 Å². The highest BCUT2D eigenvalue weighted by atomic mass is 19.1. The number of nitrogens with one attached hydrogen (secondary N) is 2. The number of hydrogen-bond acceptors (Lipinski definition) is 5. The van der Waals surface area contributed by atoms with E-state index in [1.54, 1.807) is 42.5 Å². The molecule has 2 aromatic carbocycles. The van der Waals surface area contributed by atoms with Gasteiger partial charge in [-0.05, 0) is 31.2 Å². The molecule has 1 unspecified atom stereocenters. The van der Waals surface area contributed by atoms with Gasteiger partial charge >= 0.3 is 6.09 Å².